The number of rotatable bonds is 2. The number of anilines is 1. The molecule has 92 valence electrons. The summed E-state index contributed by atoms with van der Waals surface area (Å²) in [6.07, 6.45) is 0. The van der Waals surface area contributed by atoms with E-state index >= 15 is 0 Å². The molecule has 3 heteroatoms. The summed E-state index contributed by atoms with van der Waals surface area (Å²) >= 11 is 5.83. The van der Waals surface area contributed by atoms with Crippen LogP contribution in [0.2, 0.25) is 5.02 Å². The van der Waals surface area contributed by atoms with Gasteiger partial charge in [0.15, 0.2) is 5.78 Å². The Kier molecular flexibility index (Phi) is 3.39. The molecule has 0 atom stereocenters. The quantitative estimate of drug-likeness (QED) is 0.659. The Bertz CT molecular complexity index is 566. The van der Waals surface area contributed by atoms with Gasteiger partial charge in [-0.25, -0.2) is 0 Å². The number of nitrogen functional groups attached to an aromatic ring is 1. The number of carbonyl (C=O) groups excluding carboxylic acids is 1. The number of halogens is 1. The lowest BCUT2D eigenvalue weighted by atomic mass is 9.97. The standard InChI is InChI=1S/C15H14ClNO/c1-9-3-5-12(10(2)7-9)15(18)13-6-4-11(16)8-14(13)17/h3-8H,17H2,1-2H3. The van der Waals surface area contributed by atoms with Gasteiger partial charge in [-0.1, -0.05) is 35.4 Å². The molecule has 0 aliphatic rings. The zero-order valence-electron chi connectivity index (χ0n) is 10.3. The van der Waals surface area contributed by atoms with Crippen molar-refractivity contribution in [3.63, 3.8) is 0 Å². The highest BCUT2D eigenvalue weighted by Gasteiger charge is 2.14. The van der Waals surface area contributed by atoms with Crippen LogP contribution >= 0.6 is 11.6 Å². The second-order valence-corrected chi connectivity index (χ2v) is 4.82. The van der Waals surface area contributed by atoms with Crippen molar-refractivity contribution in [3.8, 4) is 0 Å². The van der Waals surface area contributed by atoms with Crippen molar-refractivity contribution >= 4 is 23.1 Å². The average molecular weight is 260 g/mol. The van der Waals surface area contributed by atoms with E-state index in [1.807, 2.05) is 32.0 Å². The van der Waals surface area contributed by atoms with E-state index in [-0.39, 0.29) is 5.78 Å². The molecule has 0 unspecified atom stereocenters. The summed E-state index contributed by atoms with van der Waals surface area (Å²) in [5.74, 6) is -0.0679. The molecular weight excluding hydrogens is 246 g/mol. The van der Waals surface area contributed by atoms with Crippen LogP contribution in [0.4, 0.5) is 5.69 Å². The monoisotopic (exact) mass is 259 g/mol. The van der Waals surface area contributed by atoms with Gasteiger partial charge in [0.25, 0.3) is 0 Å². The molecule has 0 saturated carbocycles. The van der Waals surface area contributed by atoms with Crippen LogP contribution in [0, 0.1) is 13.8 Å². The molecule has 0 spiro atoms. The minimum atomic E-state index is -0.0679. The highest BCUT2D eigenvalue weighted by atomic mass is 35.5. The fourth-order valence-electron chi connectivity index (χ4n) is 1.95. The predicted molar refractivity (Wildman–Crippen MR) is 75.2 cm³/mol. The van der Waals surface area contributed by atoms with Crippen molar-refractivity contribution in [1.29, 1.82) is 0 Å². The molecule has 0 aromatic heterocycles. The fraction of sp³-hybridized carbons (Fsp3) is 0.133. The predicted octanol–water partition coefficient (Wildman–Crippen LogP) is 3.77. The van der Waals surface area contributed by atoms with Crippen molar-refractivity contribution in [1.82, 2.24) is 0 Å². The maximum absolute atomic E-state index is 12.4. The largest absolute Gasteiger partial charge is 0.398 e. The fourth-order valence-corrected chi connectivity index (χ4v) is 2.13. The second kappa shape index (κ2) is 4.83. The first-order valence-corrected chi connectivity index (χ1v) is 6.04. The molecule has 0 radical (unpaired) electrons. The minimum absolute atomic E-state index is 0.0679. The number of nitrogens with two attached hydrogens (primary N) is 1. The molecule has 2 aromatic carbocycles. The normalized spacial score (nSPS) is 10.4. The van der Waals surface area contributed by atoms with E-state index in [1.54, 1.807) is 18.2 Å². The lowest BCUT2D eigenvalue weighted by molar-refractivity contribution is 0.103. The SMILES string of the molecule is Cc1ccc(C(=O)c2ccc(Cl)cc2N)c(C)c1. The number of ketones is 1. The highest BCUT2D eigenvalue weighted by molar-refractivity contribution is 6.31. The maximum Gasteiger partial charge on any atom is 0.195 e. The molecule has 0 bridgehead atoms. The van der Waals surface area contributed by atoms with Crippen LogP contribution in [0.25, 0.3) is 0 Å². The molecule has 2 aromatic rings. The lowest BCUT2D eigenvalue weighted by Gasteiger charge is -2.08. The average Bonchev–Trinajstić information content (AvgIpc) is 2.28. The van der Waals surface area contributed by atoms with Crippen LogP contribution in [0.3, 0.4) is 0 Å². The third kappa shape index (κ3) is 2.39. The van der Waals surface area contributed by atoms with Crippen molar-refractivity contribution in [2.24, 2.45) is 0 Å². The van der Waals surface area contributed by atoms with E-state index in [0.717, 1.165) is 11.1 Å². The summed E-state index contributed by atoms with van der Waals surface area (Å²) in [4.78, 5) is 12.4. The first-order chi connectivity index (χ1) is 8.49. The van der Waals surface area contributed by atoms with E-state index < -0.39 is 0 Å². The first-order valence-electron chi connectivity index (χ1n) is 5.66. The lowest BCUT2D eigenvalue weighted by Crippen LogP contribution is -2.07. The molecule has 0 amide bonds. The Morgan fingerprint density at radius 3 is 2.33 bits per heavy atom. The van der Waals surface area contributed by atoms with Crippen molar-refractivity contribution in [2.75, 3.05) is 5.73 Å². The molecule has 0 fully saturated rings. The Morgan fingerprint density at radius 2 is 1.72 bits per heavy atom. The van der Waals surface area contributed by atoms with Gasteiger partial charge in [0.2, 0.25) is 0 Å². The van der Waals surface area contributed by atoms with E-state index in [4.69, 9.17) is 17.3 Å². The van der Waals surface area contributed by atoms with Gasteiger partial charge in [0.05, 0.1) is 0 Å². The van der Waals surface area contributed by atoms with Crippen molar-refractivity contribution < 1.29 is 4.79 Å². The summed E-state index contributed by atoms with van der Waals surface area (Å²) in [5.41, 5.74) is 9.50. The summed E-state index contributed by atoms with van der Waals surface area (Å²) in [6.45, 7) is 3.92. The van der Waals surface area contributed by atoms with Crippen LogP contribution < -0.4 is 5.73 Å². The van der Waals surface area contributed by atoms with E-state index in [0.29, 0.717) is 21.8 Å². The summed E-state index contributed by atoms with van der Waals surface area (Å²) in [5, 5.41) is 0.532. The molecular formula is C15H14ClNO. The van der Waals surface area contributed by atoms with Gasteiger partial charge >= 0.3 is 0 Å². The summed E-state index contributed by atoms with van der Waals surface area (Å²) in [7, 11) is 0. The van der Waals surface area contributed by atoms with Crippen molar-refractivity contribution in [2.45, 2.75) is 13.8 Å². The number of benzene rings is 2. The molecule has 0 aliphatic carbocycles. The number of aryl methyl sites for hydroxylation is 2. The highest BCUT2D eigenvalue weighted by Crippen LogP contribution is 2.22. The zero-order chi connectivity index (χ0) is 13.3. The summed E-state index contributed by atoms with van der Waals surface area (Å²) < 4.78 is 0. The van der Waals surface area contributed by atoms with Gasteiger partial charge in [-0.3, -0.25) is 4.79 Å². The van der Waals surface area contributed by atoms with Crippen LogP contribution in [0.5, 0.6) is 0 Å². The Balaban J connectivity index is 2.48. The molecule has 2 rings (SSSR count). The van der Waals surface area contributed by atoms with Gasteiger partial charge in [-0.05, 0) is 37.6 Å². The van der Waals surface area contributed by atoms with Gasteiger partial charge in [-0.15, -0.1) is 0 Å². The number of carbonyl (C=O) groups is 1. The number of hydrogen-bond donors (Lipinski definition) is 1. The third-order valence-electron chi connectivity index (χ3n) is 2.88. The zero-order valence-corrected chi connectivity index (χ0v) is 11.1. The van der Waals surface area contributed by atoms with Gasteiger partial charge in [0.1, 0.15) is 0 Å². The van der Waals surface area contributed by atoms with E-state index in [9.17, 15) is 4.79 Å². The maximum atomic E-state index is 12.4. The van der Waals surface area contributed by atoms with Crippen LogP contribution in [0.15, 0.2) is 36.4 Å². The Hall–Kier alpha value is -1.80. The first kappa shape index (κ1) is 12.7. The van der Waals surface area contributed by atoms with Gasteiger partial charge < -0.3 is 5.73 Å². The van der Waals surface area contributed by atoms with Crippen LogP contribution in [0.1, 0.15) is 27.0 Å². The Morgan fingerprint density at radius 1 is 1.06 bits per heavy atom. The molecule has 0 saturated heterocycles. The molecule has 18 heavy (non-hydrogen) atoms. The van der Waals surface area contributed by atoms with Gasteiger partial charge in [0, 0.05) is 21.8 Å². The third-order valence-corrected chi connectivity index (χ3v) is 3.12. The van der Waals surface area contributed by atoms with Crippen LogP contribution in [-0.2, 0) is 0 Å². The smallest absolute Gasteiger partial charge is 0.195 e. The molecule has 0 heterocycles. The van der Waals surface area contributed by atoms with E-state index in [1.165, 1.54) is 0 Å². The second-order valence-electron chi connectivity index (χ2n) is 4.38. The number of hydrogen-bond acceptors (Lipinski definition) is 2. The van der Waals surface area contributed by atoms with Crippen LogP contribution in [-0.4, -0.2) is 5.78 Å². The topological polar surface area (TPSA) is 43.1 Å². The molecule has 2 N–H and O–H groups in total. The van der Waals surface area contributed by atoms with E-state index in [2.05, 4.69) is 0 Å². The molecule has 0 aliphatic heterocycles. The van der Waals surface area contributed by atoms with Crippen molar-refractivity contribution in [3.05, 3.63) is 63.7 Å². The van der Waals surface area contributed by atoms with Gasteiger partial charge in [-0.2, -0.15) is 0 Å². The summed E-state index contributed by atoms with van der Waals surface area (Å²) in [6, 6.07) is 10.7. The Labute approximate surface area is 111 Å². The minimum Gasteiger partial charge on any atom is -0.398 e. The molecule has 2 nitrogen and oxygen atoms in total.